The summed E-state index contributed by atoms with van der Waals surface area (Å²) >= 11 is 0. The molecule has 0 aromatic carbocycles. The summed E-state index contributed by atoms with van der Waals surface area (Å²) in [6.07, 6.45) is 7.55. The lowest BCUT2D eigenvalue weighted by Gasteiger charge is -2.27. The van der Waals surface area contributed by atoms with Crippen molar-refractivity contribution in [1.82, 2.24) is 5.32 Å². The molecule has 86 valence electrons. The maximum Gasteiger partial charge on any atom is 0.0468 e. The highest BCUT2D eigenvalue weighted by molar-refractivity contribution is 5.11. The summed E-state index contributed by atoms with van der Waals surface area (Å²) in [6, 6.07) is 0.596. The monoisotopic (exact) mass is 209 g/mol. The third-order valence-electron chi connectivity index (χ3n) is 4.07. The van der Waals surface area contributed by atoms with Crippen molar-refractivity contribution in [3.8, 4) is 0 Å². The van der Waals surface area contributed by atoms with E-state index in [0.717, 1.165) is 24.3 Å². The minimum atomic E-state index is 0.288. The summed E-state index contributed by atoms with van der Waals surface area (Å²) in [6.45, 7) is 5.61. The molecule has 2 N–H and O–H groups in total. The molecule has 0 aromatic heterocycles. The van der Waals surface area contributed by atoms with E-state index in [4.69, 9.17) is 5.11 Å². The van der Waals surface area contributed by atoms with Crippen LogP contribution >= 0.6 is 0 Å². The molecule has 0 spiro atoms. The highest BCUT2D eigenvalue weighted by Gasteiger charge is 2.38. The van der Waals surface area contributed by atoms with Crippen molar-refractivity contribution in [3.63, 3.8) is 0 Å². The normalized spacial score (nSPS) is 37.1. The zero-order valence-corrected chi connectivity index (χ0v) is 9.82. The highest BCUT2D eigenvalue weighted by atomic mass is 16.3. The second-order valence-electron chi connectivity index (χ2n) is 5.43. The van der Waals surface area contributed by atoms with Gasteiger partial charge in [0, 0.05) is 19.2 Å². The van der Waals surface area contributed by atoms with Crippen LogP contribution in [-0.4, -0.2) is 24.3 Å². The Hall–Kier alpha value is -0.340. The molecule has 0 radical (unpaired) electrons. The van der Waals surface area contributed by atoms with E-state index in [1.165, 1.54) is 12.8 Å². The van der Waals surface area contributed by atoms with Crippen LogP contribution in [0.5, 0.6) is 0 Å². The molecule has 2 heteroatoms. The zero-order valence-electron chi connectivity index (χ0n) is 9.82. The first kappa shape index (κ1) is 11.2. The predicted molar refractivity (Wildman–Crippen MR) is 62.6 cm³/mol. The van der Waals surface area contributed by atoms with Crippen LogP contribution in [0.2, 0.25) is 0 Å². The van der Waals surface area contributed by atoms with Crippen LogP contribution in [-0.2, 0) is 0 Å². The first-order valence-corrected chi connectivity index (χ1v) is 6.23. The first-order valence-electron chi connectivity index (χ1n) is 6.23. The fraction of sp³-hybridized carbons (Fsp3) is 0.846. The Bertz CT molecular complexity index is 239. The minimum Gasteiger partial charge on any atom is -0.396 e. The summed E-state index contributed by atoms with van der Waals surface area (Å²) in [7, 11) is 0. The lowest BCUT2D eigenvalue weighted by Crippen LogP contribution is -2.38. The van der Waals surface area contributed by atoms with Gasteiger partial charge in [0.25, 0.3) is 0 Å². The molecule has 0 amide bonds. The molecule has 5 unspecified atom stereocenters. The molecule has 2 bridgehead atoms. The average molecular weight is 209 g/mol. The molecule has 1 fully saturated rings. The van der Waals surface area contributed by atoms with Crippen LogP contribution in [0, 0.1) is 23.7 Å². The van der Waals surface area contributed by atoms with E-state index in [9.17, 15) is 0 Å². The zero-order chi connectivity index (χ0) is 10.8. The number of fused-ring (bicyclic) bond motifs is 2. The van der Waals surface area contributed by atoms with Crippen molar-refractivity contribution in [3.05, 3.63) is 12.2 Å². The topological polar surface area (TPSA) is 32.3 Å². The Morgan fingerprint density at radius 2 is 2.13 bits per heavy atom. The second kappa shape index (κ2) is 4.67. The van der Waals surface area contributed by atoms with Crippen LogP contribution in [0.1, 0.15) is 26.7 Å². The number of allylic oxidation sites excluding steroid dienone is 2. The summed E-state index contributed by atoms with van der Waals surface area (Å²) in [5.74, 6) is 2.88. The number of hydrogen-bond acceptors (Lipinski definition) is 2. The van der Waals surface area contributed by atoms with E-state index in [-0.39, 0.29) is 6.61 Å². The van der Waals surface area contributed by atoms with Crippen molar-refractivity contribution < 1.29 is 5.11 Å². The average Bonchev–Trinajstić information content (AvgIpc) is 2.86. The smallest absolute Gasteiger partial charge is 0.0468 e. The lowest BCUT2D eigenvalue weighted by molar-refractivity contribution is 0.221. The fourth-order valence-corrected chi connectivity index (χ4v) is 3.00. The number of rotatable bonds is 5. The van der Waals surface area contributed by atoms with Crippen LogP contribution in [0.25, 0.3) is 0 Å². The largest absolute Gasteiger partial charge is 0.396 e. The Kier molecular flexibility index (Phi) is 3.47. The molecule has 0 aromatic rings. The predicted octanol–water partition coefficient (Wildman–Crippen LogP) is 1.81. The molecular weight excluding hydrogens is 186 g/mol. The molecule has 2 aliphatic rings. The Labute approximate surface area is 92.8 Å². The summed E-state index contributed by atoms with van der Waals surface area (Å²) in [4.78, 5) is 0. The number of nitrogens with one attached hydrogen (secondary N) is 1. The van der Waals surface area contributed by atoms with E-state index < -0.39 is 0 Å². The van der Waals surface area contributed by atoms with Crippen LogP contribution in [0.15, 0.2) is 12.2 Å². The standard InChI is InChI=1S/C13H23NO/c1-9(8-15)7-14-10(2)13-6-11-3-4-12(13)5-11/h3-4,9-15H,5-8H2,1-2H3. The molecule has 2 aliphatic carbocycles. The van der Waals surface area contributed by atoms with Crippen molar-refractivity contribution in [1.29, 1.82) is 0 Å². The van der Waals surface area contributed by atoms with Gasteiger partial charge in [-0.15, -0.1) is 0 Å². The van der Waals surface area contributed by atoms with Crippen LogP contribution < -0.4 is 5.32 Å². The van der Waals surface area contributed by atoms with Gasteiger partial charge >= 0.3 is 0 Å². The van der Waals surface area contributed by atoms with Gasteiger partial charge in [-0.2, -0.15) is 0 Å². The van der Waals surface area contributed by atoms with Gasteiger partial charge in [-0.1, -0.05) is 19.1 Å². The first-order chi connectivity index (χ1) is 7.20. The van der Waals surface area contributed by atoms with E-state index in [0.29, 0.717) is 12.0 Å². The number of aliphatic hydroxyl groups is 1. The van der Waals surface area contributed by atoms with Crippen molar-refractivity contribution >= 4 is 0 Å². The molecule has 2 rings (SSSR count). The van der Waals surface area contributed by atoms with Gasteiger partial charge in [0.1, 0.15) is 0 Å². The SMILES string of the molecule is CC(CO)CNC(C)C1CC2C=CC1C2. The van der Waals surface area contributed by atoms with Gasteiger partial charge < -0.3 is 10.4 Å². The fourth-order valence-electron chi connectivity index (χ4n) is 3.00. The van der Waals surface area contributed by atoms with Crippen molar-refractivity contribution in [2.45, 2.75) is 32.7 Å². The molecular formula is C13H23NO. The van der Waals surface area contributed by atoms with E-state index >= 15 is 0 Å². The molecule has 0 heterocycles. The van der Waals surface area contributed by atoms with E-state index in [2.05, 4.69) is 31.3 Å². The van der Waals surface area contributed by atoms with Crippen molar-refractivity contribution in [2.24, 2.45) is 23.7 Å². The Balaban J connectivity index is 1.77. The van der Waals surface area contributed by atoms with Crippen molar-refractivity contribution in [2.75, 3.05) is 13.2 Å². The Morgan fingerprint density at radius 3 is 2.67 bits per heavy atom. The molecule has 5 atom stereocenters. The van der Waals surface area contributed by atoms with Gasteiger partial charge in [-0.25, -0.2) is 0 Å². The molecule has 0 saturated heterocycles. The summed E-state index contributed by atoms with van der Waals surface area (Å²) < 4.78 is 0. The third kappa shape index (κ3) is 2.43. The van der Waals surface area contributed by atoms with Gasteiger partial charge in [0.15, 0.2) is 0 Å². The number of aliphatic hydroxyl groups excluding tert-OH is 1. The highest BCUT2D eigenvalue weighted by Crippen LogP contribution is 2.44. The van der Waals surface area contributed by atoms with E-state index in [1.807, 2.05) is 0 Å². The van der Waals surface area contributed by atoms with Gasteiger partial charge in [0.05, 0.1) is 0 Å². The van der Waals surface area contributed by atoms with Gasteiger partial charge in [-0.05, 0) is 43.4 Å². The number of hydrogen-bond donors (Lipinski definition) is 2. The van der Waals surface area contributed by atoms with E-state index in [1.54, 1.807) is 0 Å². The van der Waals surface area contributed by atoms with Gasteiger partial charge in [-0.3, -0.25) is 0 Å². The molecule has 2 nitrogen and oxygen atoms in total. The van der Waals surface area contributed by atoms with Crippen LogP contribution in [0.3, 0.4) is 0 Å². The summed E-state index contributed by atoms with van der Waals surface area (Å²) in [5.41, 5.74) is 0. The summed E-state index contributed by atoms with van der Waals surface area (Å²) in [5, 5.41) is 12.5. The third-order valence-corrected chi connectivity index (χ3v) is 4.07. The molecule has 15 heavy (non-hydrogen) atoms. The quantitative estimate of drug-likeness (QED) is 0.677. The molecule has 1 saturated carbocycles. The Morgan fingerprint density at radius 1 is 1.33 bits per heavy atom. The second-order valence-corrected chi connectivity index (χ2v) is 5.43. The maximum atomic E-state index is 8.97. The molecule has 0 aliphatic heterocycles. The van der Waals surface area contributed by atoms with Gasteiger partial charge in [0.2, 0.25) is 0 Å². The minimum absolute atomic E-state index is 0.288. The van der Waals surface area contributed by atoms with Crippen LogP contribution in [0.4, 0.5) is 0 Å². The lowest BCUT2D eigenvalue weighted by atomic mass is 9.87. The maximum absolute atomic E-state index is 8.97.